The Morgan fingerprint density at radius 2 is 1.86 bits per heavy atom. The first kappa shape index (κ1) is 17.0. The normalized spacial score (nSPS) is 22.4. The van der Waals surface area contributed by atoms with Gasteiger partial charge in [0.1, 0.15) is 6.61 Å². The molecule has 0 aliphatic heterocycles. The lowest BCUT2D eigenvalue weighted by atomic mass is 9.87. The summed E-state index contributed by atoms with van der Waals surface area (Å²) in [5, 5.41) is 0. The maximum atomic E-state index is 12.2. The zero-order valence-electron chi connectivity index (χ0n) is 14.1. The number of benzene rings is 1. The lowest BCUT2D eigenvalue weighted by Gasteiger charge is -2.27. The highest BCUT2D eigenvalue weighted by Gasteiger charge is 2.62. The molecule has 4 heteroatoms. The van der Waals surface area contributed by atoms with Gasteiger partial charge in [-0.25, -0.2) is 0 Å². The molecule has 1 amide bonds. The lowest BCUT2D eigenvalue weighted by molar-refractivity contribution is -0.135. The molecule has 22 heavy (non-hydrogen) atoms. The number of hydrogen-bond donors (Lipinski definition) is 0. The standard InChI is InChI=1S/C18H27NO3/c1-17(2)13-18(17,15-8-6-5-7-9-15)14-19(3)16(20)12-22-11-10-21-4/h5-9H,10-14H2,1-4H3/t18-/m0/s1. The Bertz CT molecular complexity index is 500. The fraction of sp³-hybridized carbons (Fsp3) is 0.611. The quantitative estimate of drug-likeness (QED) is 0.693. The van der Waals surface area contributed by atoms with Crippen LogP contribution in [0.4, 0.5) is 0 Å². The highest BCUT2D eigenvalue weighted by molar-refractivity contribution is 5.77. The Kier molecular flexibility index (Phi) is 5.24. The Morgan fingerprint density at radius 3 is 2.41 bits per heavy atom. The minimum absolute atomic E-state index is 0.0223. The molecule has 0 radical (unpaired) electrons. The van der Waals surface area contributed by atoms with Crippen LogP contribution in [0.5, 0.6) is 0 Å². The third kappa shape index (κ3) is 3.50. The Morgan fingerprint density at radius 1 is 1.23 bits per heavy atom. The van der Waals surface area contributed by atoms with Gasteiger partial charge in [0.15, 0.2) is 0 Å². The van der Waals surface area contributed by atoms with Gasteiger partial charge in [-0.2, -0.15) is 0 Å². The molecule has 0 unspecified atom stereocenters. The smallest absolute Gasteiger partial charge is 0.248 e. The maximum Gasteiger partial charge on any atom is 0.248 e. The molecular weight excluding hydrogens is 278 g/mol. The largest absolute Gasteiger partial charge is 0.382 e. The highest BCUT2D eigenvalue weighted by Crippen LogP contribution is 2.64. The number of carbonyl (C=O) groups excluding carboxylic acids is 1. The molecule has 0 heterocycles. The number of rotatable bonds is 8. The molecule has 1 aromatic rings. The zero-order chi connectivity index (χ0) is 16.2. The fourth-order valence-electron chi connectivity index (χ4n) is 3.23. The van der Waals surface area contributed by atoms with Crippen LogP contribution in [0.15, 0.2) is 30.3 Å². The van der Waals surface area contributed by atoms with Crippen molar-refractivity contribution in [3.8, 4) is 0 Å². The summed E-state index contributed by atoms with van der Waals surface area (Å²) >= 11 is 0. The number of likely N-dealkylation sites (N-methyl/N-ethyl adjacent to an activating group) is 1. The molecule has 1 aliphatic rings. The van der Waals surface area contributed by atoms with E-state index < -0.39 is 0 Å². The van der Waals surface area contributed by atoms with E-state index in [1.165, 1.54) is 5.56 Å². The second-order valence-corrected chi connectivity index (χ2v) is 6.80. The van der Waals surface area contributed by atoms with E-state index in [9.17, 15) is 4.79 Å². The minimum atomic E-state index is 0.0223. The summed E-state index contributed by atoms with van der Waals surface area (Å²) in [4.78, 5) is 14.0. The van der Waals surface area contributed by atoms with Gasteiger partial charge in [-0.1, -0.05) is 44.2 Å². The summed E-state index contributed by atoms with van der Waals surface area (Å²) in [5.41, 5.74) is 1.60. The Hall–Kier alpha value is -1.39. The Balaban J connectivity index is 1.97. The molecule has 4 nitrogen and oxygen atoms in total. The second-order valence-electron chi connectivity index (χ2n) is 6.80. The van der Waals surface area contributed by atoms with Crippen LogP contribution in [0.1, 0.15) is 25.8 Å². The average molecular weight is 305 g/mol. The number of amides is 1. The summed E-state index contributed by atoms with van der Waals surface area (Å²) in [6.45, 7) is 6.35. The molecular formula is C18H27NO3. The van der Waals surface area contributed by atoms with Crippen LogP contribution in [0, 0.1) is 5.41 Å². The first-order chi connectivity index (χ1) is 10.4. The minimum Gasteiger partial charge on any atom is -0.382 e. The van der Waals surface area contributed by atoms with Crippen LogP contribution in [0.3, 0.4) is 0 Å². The van der Waals surface area contributed by atoms with Crippen LogP contribution < -0.4 is 0 Å². The van der Waals surface area contributed by atoms with Gasteiger partial charge in [0, 0.05) is 26.1 Å². The van der Waals surface area contributed by atoms with Gasteiger partial charge in [-0.3, -0.25) is 4.79 Å². The predicted molar refractivity (Wildman–Crippen MR) is 86.9 cm³/mol. The summed E-state index contributed by atoms with van der Waals surface area (Å²) < 4.78 is 10.2. The molecule has 0 aromatic heterocycles. The average Bonchev–Trinajstić information content (AvgIpc) is 3.06. The molecule has 0 N–H and O–H groups in total. The van der Waals surface area contributed by atoms with Crippen molar-refractivity contribution in [1.82, 2.24) is 4.90 Å². The van der Waals surface area contributed by atoms with Crippen LogP contribution in [-0.2, 0) is 19.7 Å². The van der Waals surface area contributed by atoms with Gasteiger partial charge in [0.25, 0.3) is 0 Å². The number of methoxy groups -OCH3 is 1. The molecule has 2 rings (SSSR count). The first-order valence-corrected chi connectivity index (χ1v) is 7.79. The fourth-order valence-corrected chi connectivity index (χ4v) is 3.23. The van der Waals surface area contributed by atoms with Gasteiger partial charge >= 0.3 is 0 Å². The summed E-state index contributed by atoms with van der Waals surface area (Å²) in [6.07, 6.45) is 1.10. The van der Waals surface area contributed by atoms with E-state index in [0.717, 1.165) is 13.0 Å². The van der Waals surface area contributed by atoms with Crippen LogP contribution >= 0.6 is 0 Å². The summed E-state index contributed by atoms with van der Waals surface area (Å²) in [6, 6.07) is 10.5. The van der Waals surface area contributed by atoms with Crippen molar-refractivity contribution in [2.24, 2.45) is 5.41 Å². The van der Waals surface area contributed by atoms with Crippen LogP contribution in [-0.4, -0.2) is 51.3 Å². The van der Waals surface area contributed by atoms with Crippen molar-refractivity contribution in [2.45, 2.75) is 25.7 Å². The molecule has 1 atom stereocenters. The third-order valence-corrected chi connectivity index (χ3v) is 4.83. The first-order valence-electron chi connectivity index (χ1n) is 7.79. The Labute approximate surface area is 133 Å². The number of carbonyl (C=O) groups is 1. The van der Waals surface area contributed by atoms with Gasteiger partial charge < -0.3 is 14.4 Å². The van der Waals surface area contributed by atoms with E-state index in [0.29, 0.717) is 13.2 Å². The SMILES string of the molecule is COCCOCC(=O)N(C)C[C@]1(c2ccccc2)CC1(C)C. The second kappa shape index (κ2) is 6.80. The van der Waals surface area contributed by atoms with Crippen LogP contribution in [0.2, 0.25) is 0 Å². The van der Waals surface area contributed by atoms with E-state index in [1.807, 2.05) is 13.1 Å². The maximum absolute atomic E-state index is 12.2. The third-order valence-electron chi connectivity index (χ3n) is 4.83. The van der Waals surface area contributed by atoms with Crippen molar-refractivity contribution < 1.29 is 14.3 Å². The van der Waals surface area contributed by atoms with E-state index in [4.69, 9.17) is 9.47 Å². The van der Waals surface area contributed by atoms with E-state index in [-0.39, 0.29) is 23.3 Å². The van der Waals surface area contributed by atoms with Crippen molar-refractivity contribution >= 4 is 5.91 Å². The van der Waals surface area contributed by atoms with Crippen molar-refractivity contribution in [2.75, 3.05) is 40.5 Å². The van der Waals surface area contributed by atoms with Gasteiger partial charge in [0.2, 0.25) is 5.91 Å². The van der Waals surface area contributed by atoms with Crippen LogP contribution in [0.25, 0.3) is 0 Å². The molecule has 1 saturated carbocycles. The topological polar surface area (TPSA) is 38.8 Å². The van der Waals surface area contributed by atoms with Gasteiger partial charge in [-0.15, -0.1) is 0 Å². The molecule has 0 spiro atoms. The number of nitrogens with zero attached hydrogens (tertiary/aromatic N) is 1. The van der Waals surface area contributed by atoms with Crippen molar-refractivity contribution in [1.29, 1.82) is 0 Å². The van der Waals surface area contributed by atoms with E-state index >= 15 is 0 Å². The summed E-state index contributed by atoms with van der Waals surface area (Å²) in [7, 11) is 3.48. The molecule has 1 fully saturated rings. The number of hydrogen-bond acceptors (Lipinski definition) is 3. The molecule has 122 valence electrons. The lowest BCUT2D eigenvalue weighted by Crippen LogP contribution is -2.38. The number of ether oxygens (including phenoxy) is 2. The monoisotopic (exact) mass is 305 g/mol. The molecule has 0 saturated heterocycles. The van der Waals surface area contributed by atoms with Crippen molar-refractivity contribution in [3.63, 3.8) is 0 Å². The van der Waals surface area contributed by atoms with E-state index in [1.54, 1.807) is 12.0 Å². The highest BCUT2D eigenvalue weighted by atomic mass is 16.5. The van der Waals surface area contributed by atoms with Gasteiger partial charge in [0.05, 0.1) is 13.2 Å². The molecule has 0 bridgehead atoms. The molecule has 1 aromatic carbocycles. The zero-order valence-corrected chi connectivity index (χ0v) is 14.1. The van der Waals surface area contributed by atoms with E-state index in [2.05, 4.69) is 38.1 Å². The van der Waals surface area contributed by atoms with Gasteiger partial charge in [-0.05, 0) is 17.4 Å². The summed E-state index contributed by atoms with van der Waals surface area (Å²) in [5.74, 6) is 0.0223. The predicted octanol–water partition coefficient (Wildman–Crippen LogP) is 2.48. The molecule has 1 aliphatic carbocycles. The van der Waals surface area contributed by atoms with Crippen molar-refractivity contribution in [3.05, 3.63) is 35.9 Å².